The molecule has 11 heavy (non-hydrogen) atoms. The minimum Gasteiger partial charge on any atom is -0.468 e. The third-order valence-corrected chi connectivity index (χ3v) is 2.19. The zero-order valence-electron chi connectivity index (χ0n) is 6.81. The SMILES string of the molecule is CC[C@@](C)(C(=O)Cl)C(=O)OC. The smallest absolute Gasteiger partial charge is 0.320 e. The van der Waals surface area contributed by atoms with E-state index >= 15 is 0 Å². The predicted molar refractivity (Wildman–Crippen MR) is 41.3 cm³/mol. The van der Waals surface area contributed by atoms with Crippen molar-refractivity contribution in [2.24, 2.45) is 5.41 Å². The van der Waals surface area contributed by atoms with Gasteiger partial charge in [-0.15, -0.1) is 0 Å². The predicted octanol–water partition coefficient (Wildman–Crippen LogP) is 1.34. The average Bonchev–Trinajstić information content (AvgIpc) is 2.01. The molecule has 0 heterocycles. The number of hydrogen-bond acceptors (Lipinski definition) is 3. The molecule has 0 fully saturated rings. The van der Waals surface area contributed by atoms with Gasteiger partial charge in [0.25, 0.3) is 0 Å². The molecular formula is C7H11ClO3. The maximum Gasteiger partial charge on any atom is 0.320 e. The molecule has 0 amide bonds. The number of carbonyl (C=O) groups excluding carboxylic acids is 2. The standard InChI is InChI=1S/C7H11ClO3/c1-4-7(2,5(8)9)6(10)11-3/h4H2,1-3H3/t7-/m0/s1. The molecule has 0 aliphatic rings. The summed E-state index contributed by atoms with van der Waals surface area (Å²) in [6.07, 6.45) is 0.349. The Morgan fingerprint density at radius 1 is 1.55 bits per heavy atom. The van der Waals surface area contributed by atoms with Crippen molar-refractivity contribution in [1.29, 1.82) is 0 Å². The Balaban J connectivity index is 4.59. The fraction of sp³-hybridized carbons (Fsp3) is 0.714. The van der Waals surface area contributed by atoms with Gasteiger partial charge < -0.3 is 4.74 Å². The molecule has 0 saturated carbocycles. The molecule has 4 heteroatoms. The highest BCUT2D eigenvalue weighted by atomic mass is 35.5. The van der Waals surface area contributed by atoms with Crippen LogP contribution in [0.15, 0.2) is 0 Å². The third-order valence-electron chi connectivity index (χ3n) is 1.78. The molecule has 0 rings (SSSR count). The van der Waals surface area contributed by atoms with Crippen LogP contribution in [0.2, 0.25) is 0 Å². The summed E-state index contributed by atoms with van der Waals surface area (Å²) in [6.45, 7) is 3.17. The van der Waals surface area contributed by atoms with E-state index in [0.29, 0.717) is 6.42 Å². The second-order valence-corrected chi connectivity index (χ2v) is 2.79. The maximum absolute atomic E-state index is 11.0. The lowest BCUT2D eigenvalue weighted by molar-refractivity contribution is -0.154. The van der Waals surface area contributed by atoms with E-state index in [1.54, 1.807) is 6.92 Å². The largest absolute Gasteiger partial charge is 0.468 e. The van der Waals surface area contributed by atoms with Gasteiger partial charge >= 0.3 is 5.97 Å². The summed E-state index contributed by atoms with van der Waals surface area (Å²) in [6, 6.07) is 0. The van der Waals surface area contributed by atoms with Crippen molar-refractivity contribution < 1.29 is 14.3 Å². The highest BCUT2D eigenvalue weighted by molar-refractivity contribution is 6.66. The van der Waals surface area contributed by atoms with Gasteiger partial charge in [0.15, 0.2) is 0 Å². The molecule has 0 aliphatic carbocycles. The summed E-state index contributed by atoms with van der Waals surface area (Å²) in [7, 11) is 1.23. The van der Waals surface area contributed by atoms with Crippen molar-refractivity contribution in [1.82, 2.24) is 0 Å². The number of ether oxygens (including phenoxy) is 1. The van der Waals surface area contributed by atoms with E-state index in [0.717, 1.165) is 0 Å². The number of methoxy groups -OCH3 is 1. The maximum atomic E-state index is 11.0. The Kier molecular flexibility index (Phi) is 3.52. The Morgan fingerprint density at radius 2 is 2.00 bits per heavy atom. The van der Waals surface area contributed by atoms with Gasteiger partial charge in [-0.3, -0.25) is 9.59 Å². The van der Waals surface area contributed by atoms with Crippen LogP contribution in [0.1, 0.15) is 20.3 Å². The van der Waals surface area contributed by atoms with E-state index in [1.807, 2.05) is 0 Å². The Labute approximate surface area is 70.7 Å². The van der Waals surface area contributed by atoms with E-state index in [4.69, 9.17) is 11.6 Å². The first-order valence-electron chi connectivity index (χ1n) is 3.27. The lowest BCUT2D eigenvalue weighted by Crippen LogP contribution is -2.34. The molecule has 1 atom stereocenters. The molecule has 3 nitrogen and oxygen atoms in total. The molecule has 0 spiro atoms. The summed E-state index contributed by atoms with van der Waals surface area (Å²) in [5.74, 6) is -0.583. The van der Waals surface area contributed by atoms with Crippen molar-refractivity contribution in [2.75, 3.05) is 7.11 Å². The summed E-state index contributed by atoms with van der Waals surface area (Å²) >= 11 is 5.22. The molecular weight excluding hydrogens is 168 g/mol. The molecule has 0 radical (unpaired) electrons. The lowest BCUT2D eigenvalue weighted by atomic mass is 9.89. The fourth-order valence-electron chi connectivity index (χ4n) is 0.589. The zero-order valence-corrected chi connectivity index (χ0v) is 7.57. The van der Waals surface area contributed by atoms with Crippen LogP contribution in [-0.4, -0.2) is 18.3 Å². The second kappa shape index (κ2) is 3.72. The first-order chi connectivity index (χ1) is 4.99. The van der Waals surface area contributed by atoms with Gasteiger partial charge in [0.05, 0.1) is 7.11 Å². The number of esters is 1. The van der Waals surface area contributed by atoms with Gasteiger partial charge in [0.2, 0.25) is 5.24 Å². The summed E-state index contributed by atoms with van der Waals surface area (Å²) in [5, 5.41) is -0.674. The summed E-state index contributed by atoms with van der Waals surface area (Å²) < 4.78 is 4.42. The first kappa shape index (κ1) is 10.4. The van der Waals surface area contributed by atoms with E-state index in [2.05, 4.69) is 4.74 Å². The topological polar surface area (TPSA) is 43.4 Å². The normalized spacial score (nSPS) is 15.3. The van der Waals surface area contributed by atoms with Crippen molar-refractivity contribution in [3.05, 3.63) is 0 Å². The molecule has 0 aromatic heterocycles. The monoisotopic (exact) mass is 178 g/mol. The Hall–Kier alpha value is -0.570. The van der Waals surface area contributed by atoms with Crippen LogP contribution in [0.4, 0.5) is 0 Å². The summed E-state index contributed by atoms with van der Waals surface area (Å²) in [5.41, 5.74) is -1.18. The molecule has 0 bridgehead atoms. The molecule has 0 saturated heterocycles. The highest BCUT2D eigenvalue weighted by Gasteiger charge is 2.39. The lowest BCUT2D eigenvalue weighted by Gasteiger charge is -2.19. The molecule has 0 aromatic rings. The molecule has 0 unspecified atom stereocenters. The number of halogens is 1. The fourth-order valence-corrected chi connectivity index (χ4v) is 0.800. The molecule has 0 aromatic carbocycles. The highest BCUT2D eigenvalue weighted by Crippen LogP contribution is 2.25. The van der Waals surface area contributed by atoms with Crippen LogP contribution in [0.5, 0.6) is 0 Å². The van der Waals surface area contributed by atoms with Gasteiger partial charge in [-0.25, -0.2) is 0 Å². The minimum atomic E-state index is -1.18. The van der Waals surface area contributed by atoms with Gasteiger partial charge in [-0.2, -0.15) is 0 Å². The number of rotatable bonds is 3. The van der Waals surface area contributed by atoms with E-state index in [-0.39, 0.29) is 0 Å². The molecule has 64 valence electrons. The summed E-state index contributed by atoms with van der Waals surface area (Å²) in [4.78, 5) is 21.7. The second-order valence-electron chi connectivity index (χ2n) is 2.45. The van der Waals surface area contributed by atoms with Crippen LogP contribution in [-0.2, 0) is 14.3 Å². The van der Waals surface area contributed by atoms with Gasteiger partial charge in [0, 0.05) is 0 Å². The van der Waals surface area contributed by atoms with Gasteiger partial charge in [0.1, 0.15) is 5.41 Å². The minimum absolute atomic E-state index is 0.349. The van der Waals surface area contributed by atoms with Crippen molar-refractivity contribution in [3.8, 4) is 0 Å². The van der Waals surface area contributed by atoms with Crippen LogP contribution >= 0.6 is 11.6 Å². The number of hydrogen-bond donors (Lipinski definition) is 0. The molecule has 0 aliphatic heterocycles. The quantitative estimate of drug-likeness (QED) is 0.372. The third kappa shape index (κ3) is 1.93. The average molecular weight is 179 g/mol. The van der Waals surface area contributed by atoms with Gasteiger partial charge in [-0.1, -0.05) is 6.92 Å². The van der Waals surface area contributed by atoms with Crippen molar-refractivity contribution >= 4 is 22.8 Å². The van der Waals surface area contributed by atoms with Crippen LogP contribution in [0.3, 0.4) is 0 Å². The zero-order chi connectivity index (χ0) is 9.07. The Morgan fingerprint density at radius 3 is 2.09 bits per heavy atom. The van der Waals surface area contributed by atoms with E-state index < -0.39 is 16.6 Å². The first-order valence-corrected chi connectivity index (χ1v) is 3.65. The van der Waals surface area contributed by atoms with Crippen molar-refractivity contribution in [2.45, 2.75) is 20.3 Å². The van der Waals surface area contributed by atoms with Crippen LogP contribution < -0.4 is 0 Å². The van der Waals surface area contributed by atoms with Gasteiger partial charge in [-0.05, 0) is 24.9 Å². The number of carbonyl (C=O) groups is 2. The molecule has 0 N–H and O–H groups in total. The van der Waals surface area contributed by atoms with Crippen LogP contribution in [0, 0.1) is 5.41 Å². The van der Waals surface area contributed by atoms with E-state index in [1.165, 1.54) is 14.0 Å². The van der Waals surface area contributed by atoms with E-state index in [9.17, 15) is 9.59 Å². The Bertz CT molecular complexity index is 179. The van der Waals surface area contributed by atoms with Crippen LogP contribution in [0.25, 0.3) is 0 Å². The van der Waals surface area contributed by atoms with Crippen molar-refractivity contribution in [3.63, 3.8) is 0 Å².